The number of cyclic esters (lactones) is 1. The standard InChI is InChI=1S/C15H13F5O4/c1-4-23-12-9(13(21)24-14(12,2)15(18,19)20)7-5-6-8(16)10(17)11(7)22-3/h5-6H,4H2,1-3H3/t14-/m1/s1. The van der Waals surface area contributed by atoms with Crippen LogP contribution in [-0.2, 0) is 14.3 Å². The zero-order valence-corrected chi connectivity index (χ0v) is 12.9. The predicted octanol–water partition coefficient (Wildman–Crippen LogP) is 3.60. The van der Waals surface area contributed by atoms with Crippen molar-refractivity contribution >= 4 is 11.5 Å². The second-order valence-corrected chi connectivity index (χ2v) is 5.00. The topological polar surface area (TPSA) is 44.8 Å². The van der Waals surface area contributed by atoms with E-state index in [-0.39, 0.29) is 6.61 Å². The highest BCUT2D eigenvalue weighted by Crippen LogP contribution is 2.49. The lowest BCUT2D eigenvalue weighted by atomic mass is 9.97. The number of hydrogen-bond donors (Lipinski definition) is 0. The van der Waals surface area contributed by atoms with Gasteiger partial charge in [-0.25, -0.2) is 9.18 Å². The van der Waals surface area contributed by atoms with Crippen molar-refractivity contribution in [3.63, 3.8) is 0 Å². The number of carbonyl (C=O) groups is 1. The van der Waals surface area contributed by atoms with E-state index in [0.717, 1.165) is 13.2 Å². The van der Waals surface area contributed by atoms with Crippen LogP contribution in [0.1, 0.15) is 19.4 Å². The van der Waals surface area contributed by atoms with Gasteiger partial charge in [-0.3, -0.25) is 0 Å². The summed E-state index contributed by atoms with van der Waals surface area (Å²) in [5.74, 6) is -5.63. The quantitative estimate of drug-likeness (QED) is 0.614. The largest absolute Gasteiger partial charge is 0.493 e. The summed E-state index contributed by atoms with van der Waals surface area (Å²) >= 11 is 0. The number of rotatable bonds is 4. The molecule has 9 heteroatoms. The first-order valence-corrected chi connectivity index (χ1v) is 6.78. The van der Waals surface area contributed by atoms with E-state index in [1.165, 1.54) is 6.92 Å². The van der Waals surface area contributed by atoms with Crippen LogP contribution in [0.5, 0.6) is 5.75 Å². The molecule has 0 spiro atoms. The van der Waals surface area contributed by atoms with E-state index >= 15 is 0 Å². The molecule has 4 nitrogen and oxygen atoms in total. The molecule has 0 aliphatic carbocycles. The van der Waals surface area contributed by atoms with Gasteiger partial charge < -0.3 is 14.2 Å². The number of esters is 1. The predicted molar refractivity (Wildman–Crippen MR) is 72.0 cm³/mol. The highest BCUT2D eigenvalue weighted by molar-refractivity contribution is 6.20. The maximum absolute atomic E-state index is 13.8. The highest BCUT2D eigenvalue weighted by atomic mass is 19.4. The van der Waals surface area contributed by atoms with E-state index < -0.39 is 52.0 Å². The molecule has 1 aromatic carbocycles. The van der Waals surface area contributed by atoms with E-state index in [1.807, 2.05) is 0 Å². The lowest BCUT2D eigenvalue weighted by Gasteiger charge is -2.28. The molecule has 0 fully saturated rings. The molecule has 0 bridgehead atoms. The minimum absolute atomic E-state index is 0.201. The first-order chi connectivity index (χ1) is 11.1. The van der Waals surface area contributed by atoms with Gasteiger partial charge in [0.25, 0.3) is 5.60 Å². The summed E-state index contributed by atoms with van der Waals surface area (Å²) < 4.78 is 81.4. The average Bonchev–Trinajstić information content (AvgIpc) is 2.74. The Kier molecular flexibility index (Phi) is 4.47. The van der Waals surface area contributed by atoms with Gasteiger partial charge >= 0.3 is 12.1 Å². The van der Waals surface area contributed by atoms with Crippen LogP contribution in [-0.4, -0.2) is 31.5 Å². The van der Waals surface area contributed by atoms with Crippen LogP contribution in [0.4, 0.5) is 22.0 Å². The molecule has 2 rings (SSSR count). The van der Waals surface area contributed by atoms with Gasteiger partial charge in [0.05, 0.1) is 13.7 Å². The Morgan fingerprint density at radius 2 is 1.88 bits per heavy atom. The molecule has 1 heterocycles. The molecule has 0 N–H and O–H groups in total. The molecule has 1 atom stereocenters. The van der Waals surface area contributed by atoms with Crippen molar-refractivity contribution < 1.29 is 41.0 Å². The van der Waals surface area contributed by atoms with Crippen molar-refractivity contribution in [3.8, 4) is 5.75 Å². The summed E-state index contributed by atoms with van der Waals surface area (Å²) in [5.41, 5.74) is -4.09. The Hall–Kier alpha value is -2.32. The van der Waals surface area contributed by atoms with Gasteiger partial charge in [-0.05, 0) is 26.0 Å². The van der Waals surface area contributed by atoms with Crippen molar-refractivity contribution in [2.75, 3.05) is 13.7 Å². The summed E-state index contributed by atoms with van der Waals surface area (Å²) in [6, 6.07) is 1.59. The SMILES string of the molecule is CCOC1=C(c2ccc(F)c(F)c2OC)C(=O)O[C@@]1(C)C(F)(F)F. The first kappa shape index (κ1) is 18.0. The molecule has 1 aliphatic heterocycles. The van der Waals surface area contributed by atoms with Gasteiger partial charge in [-0.2, -0.15) is 17.6 Å². The average molecular weight is 352 g/mol. The maximum atomic E-state index is 13.8. The van der Waals surface area contributed by atoms with Crippen LogP contribution >= 0.6 is 0 Å². The third-order valence-electron chi connectivity index (χ3n) is 3.51. The van der Waals surface area contributed by atoms with Gasteiger partial charge in [-0.1, -0.05) is 0 Å². The maximum Gasteiger partial charge on any atom is 0.435 e. The van der Waals surface area contributed by atoms with Gasteiger partial charge in [0.15, 0.2) is 17.3 Å². The van der Waals surface area contributed by atoms with Crippen molar-refractivity contribution in [2.45, 2.75) is 25.6 Å². The van der Waals surface area contributed by atoms with Crippen LogP contribution in [0, 0.1) is 11.6 Å². The van der Waals surface area contributed by atoms with Gasteiger partial charge in [0, 0.05) is 5.56 Å². The number of alkyl halides is 3. The summed E-state index contributed by atoms with van der Waals surface area (Å²) in [5, 5.41) is 0. The number of methoxy groups -OCH3 is 1. The fraction of sp³-hybridized carbons (Fsp3) is 0.400. The lowest BCUT2D eigenvalue weighted by Crippen LogP contribution is -2.45. The van der Waals surface area contributed by atoms with Crippen LogP contribution in [0.15, 0.2) is 17.9 Å². The van der Waals surface area contributed by atoms with E-state index in [2.05, 4.69) is 4.74 Å². The smallest absolute Gasteiger partial charge is 0.435 e. The molecule has 132 valence electrons. The van der Waals surface area contributed by atoms with Crippen LogP contribution in [0.3, 0.4) is 0 Å². The second kappa shape index (κ2) is 5.95. The zero-order chi connectivity index (χ0) is 18.3. The number of carbonyl (C=O) groups excluding carboxylic acids is 1. The highest BCUT2D eigenvalue weighted by Gasteiger charge is 2.64. The molecular formula is C15H13F5O4. The normalized spacial score (nSPS) is 21.1. The third-order valence-corrected chi connectivity index (χ3v) is 3.51. The van der Waals surface area contributed by atoms with Crippen molar-refractivity contribution in [1.82, 2.24) is 0 Å². The van der Waals surface area contributed by atoms with E-state index in [1.54, 1.807) is 0 Å². The Bertz CT molecular complexity index is 711. The Morgan fingerprint density at radius 3 is 2.38 bits per heavy atom. The molecule has 0 aromatic heterocycles. The van der Waals surface area contributed by atoms with E-state index in [9.17, 15) is 26.7 Å². The fourth-order valence-electron chi connectivity index (χ4n) is 2.32. The summed E-state index contributed by atoms with van der Waals surface area (Å²) in [6.07, 6.45) is -4.97. The Morgan fingerprint density at radius 1 is 1.25 bits per heavy atom. The van der Waals surface area contributed by atoms with Crippen molar-refractivity contribution in [2.24, 2.45) is 0 Å². The Labute approximate surface area is 133 Å². The van der Waals surface area contributed by atoms with Gasteiger partial charge in [-0.15, -0.1) is 0 Å². The molecule has 0 saturated heterocycles. The molecule has 0 radical (unpaired) electrons. The van der Waals surface area contributed by atoms with Crippen LogP contribution in [0.2, 0.25) is 0 Å². The lowest BCUT2D eigenvalue weighted by molar-refractivity contribution is -0.252. The molecule has 0 amide bonds. The summed E-state index contributed by atoms with van der Waals surface area (Å²) in [6.45, 7) is 1.83. The number of ether oxygens (including phenoxy) is 3. The first-order valence-electron chi connectivity index (χ1n) is 6.78. The molecule has 0 saturated carbocycles. The van der Waals surface area contributed by atoms with Crippen LogP contribution < -0.4 is 4.74 Å². The monoisotopic (exact) mass is 352 g/mol. The number of benzene rings is 1. The molecule has 24 heavy (non-hydrogen) atoms. The number of halogens is 5. The molecule has 1 aliphatic rings. The van der Waals surface area contributed by atoms with Gasteiger partial charge in [0.2, 0.25) is 5.82 Å². The Balaban J connectivity index is 2.79. The van der Waals surface area contributed by atoms with E-state index in [0.29, 0.717) is 13.0 Å². The zero-order valence-electron chi connectivity index (χ0n) is 12.9. The summed E-state index contributed by atoms with van der Waals surface area (Å²) in [7, 11) is 0.992. The number of hydrogen-bond acceptors (Lipinski definition) is 4. The molecule has 0 unspecified atom stereocenters. The summed E-state index contributed by atoms with van der Waals surface area (Å²) in [4.78, 5) is 12.1. The van der Waals surface area contributed by atoms with E-state index in [4.69, 9.17) is 9.47 Å². The molecule has 1 aromatic rings. The van der Waals surface area contributed by atoms with Gasteiger partial charge in [0.1, 0.15) is 5.57 Å². The van der Waals surface area contributed by atoms with Crippen molar-refractivity contribution in [3.05, 3.63) is 35.1 Å². The van der Waals surface area contributed by atoms with Crippen molar-refractivity contribution in [1.29, 1.82) is 0 Å². The minimum atomic E-state index is -4.97. The fourth-order valence-corrected chi connectivity index (χ4v) is 2.32. The van der Waals surface area contributed by atoms with Crippen LogP contribution in [0.25, 0.3) is 5.57 Å². The third kappa shape index (κ3) is 2.57. The minimum Gasteiger partial charge on any atom is -0.493 e. The second-order valence-electron chi connectivity index (χ2n) is 5.00. The molecular weight excluding hydrogens is 339 g/mol.